The summed E-state index contributed by atoms with van der Waals surface area (Å²) in [5.74, 6) is 0.0372. The molecule has 2 aromatic rings. The summed E-state index contributed by atoms with van der Waals surface area (Å²) in [5, 5.41) is 10.6. The molecule has 1 aliphatic heterocycles. The number of nitrogens with one attached hydrogen (secondary N) is 1. The molecule has 0 saturated carbocycles. The standard InChI is InChI=1S/C21H24N6O3/c1-5-6-7-9-14(2)12-27-13-16(24-25-27)20(28)23-18-15(3)30-17-10-8-11-22-19(17)26(4)21(18)29/h5-11,13,15,18H,2,12H2,1,3-4H3,(H,23,28)/b6-5-,9-7-/t15-,18+/m1/s1. The molecule has 0 spiro atoms. The number of aromatic nitrogens is 4. The average Bonchev–Trinajstić information content (AvgIpc) is 3.16. The quantitative estimate of drug-likeness (QED) is 0.733. The number of nitrogens with zero attached hydrogens (tertiary/aromatic N) is 5. The fraction of sp³-hybridized carbons (Fsp3) is 0.286. The number of hydrogen-bond donors (Lipinski definition) is 1. The second-order valence-corrected chi connectivity index (χ2v) is 6.84. The highest BCUT2D eigenvalue weighted by Crippen LogP contribution is 2.29. The average molecular weight is 408 g/mol. The summed E-state index contributed by atoms with van der Waals surface area (Å²) in [5.41, 5.74) is 0.903. The number of amides is 2. The molecule has 0 saturated heterocycles. The number of likely N-dealkylation sites (N-methyl/N-ethyl adjacent to an activating group) is 1. The zero-order chi connectivity index (χ0) is 21.7. The number of allylic oxidation sites excluding steroid dienone is 5. The van der Waals surface area contributed by atoms with Gasteiger partial charge in [0.05, 0.1) is 12.7 Å². The monoisotopic (exact) mass is 408 g/mol. The van der Waals surface area contributed by atoms with Crippen molar-refractivity contribution in [3.63, 3.8) is 0 Å². The van der Waals surface area contributed by atoms with Crippen LogP contribution in [0.3, 0.4) is 0 Å². The van der Waals surface area contributed by atoms with Crippen LogP contribution in [0.1, 0.15) is 24.3 Å². The van der Waals surface area contributed by atoms with E-state index in [1.807, 2.05) is 31.2 Å². The zero-order valence-corrected chi connectivity index (χ0v) is 17.1. The van der Waals surface area contributed by atoms with E-state index in [2.05, 4.69) is 27.2 Å². The van der Waals surface area contributed by atoms with E-state index in [1.165, 1.54) is 15.8 Å². The van der Waals surface area contributed by atoms with Crippen molar-refractivity contribution >= 4 is 17.6 Å². The van der Waals surface area contributed by atoms with Gasteiger partial charge in [0.1, 0.15) is 12.1 Å². The number of pyridine rings is 1. The highest BCUT2D eigenvalue weighted by atomic mass is 16.5. The van der Waals surface area contributed by atoms with Gasteiger partial charge in [-0.15, -0.1) is 5.10 Å². The summed E-state index contributed by atoms with van der Waals surface area (Å²) in [6.45, 7) is 7.98. The molecule has 156 valence electrons. The molecule has 30 heavy (non-hydrogen) atoms. The van der Waals surface area contributed by atoms with Gasteiger partial charge < -0.3 is 10.1 Å². The first-order valence-electron chi connectivity index (χ1n) is 9.48. The van der Waals surface area contributed by atoms with Gasteiger partial charge in [-0.1, -0.05) is 36.1 Å². The van der Waals surface area contributed by atoms with E-state index in [4.69, 9.17) is 4.74 Å². The highest BCUT2D eigenvalue weighted by Gasteiger charge is 2.36. The molecule has 1 aliphatic rings. The third-order valence-electron chi connectivity index (χ3n) is 4.51. The Morgan fingerprint density at radius 3 is 2.97 bits per heavy atom. The Hall–Kier alpha value is -3.75. The summed E-state index contributed by atoms with van der Waals surface area (Å²) < 4.78 is 7.36. The van der Waals surface area contributed by atoms with Crippen molar-refractivity contribution in [2.75, 3.05) is 11.9 Å². The molecule has 0 fully saturated rings. The Balaban J connectivity index is 1.69. The molecule has 3 rings (SSSR count). The van der Waals surface area contributed by atoms with Crippen molar-refractivity contribution in [3.05, 3.63) is 66.7 Å². The number of rotatable bonds is 6. The van der Waals surface area contributed by atoms with E-state index in [1.54, 1.807) is 32.3 Å². The predicted octanol–water partition coefficient (Wildman–Crippen LogP) is 1.90. The van der Waals surface area contributed by atoms with E-state index in [0.29, 0.717) is 18.1 Å². The van der Waals surface area contributed by atoms with Crippen LogP contribution in [0.2, 0.25) is 0 Å². The van der Waals surface area contributed by atoms with Gasteiger partial charge in [0.2, 0.25) is 0 Å². The number of anilines is 1. The number of fused-ring (bicyclic) bond motifs is 1. The summed E-state index contributed by atoms with van der Waals surface area (Å²) in [6.07, 6.45) is 10.0. The Bertz CT molecular complexity index is 1010. The molecule has 2 aromatic heterocycles. The van der Waals surface area contributed by atoms with E-state index in [-0.39, 0.29) is 11.6 Å². The molecule has 0 bridgehead atoms. The van der Waals surface area contributed by atoms with Gasteiger partial charge in [-0.05, 0) is 31.6 Å². The maximum atomic E-state index is 12.9. The van der Waals surface area contributed by atoms with Gasteiger partial charge in [0.15, 0.2) is 17.3 Å². The normalized spacial score (nSPS) is 18.9. The molecule has 0 radical (unpaired) electrons. The van der Waals surface area contributed by atoms with Crippen LogP contribution in [0.4, 0.5) is 5.82 Å². The van der Waals surface area contributed by atoms with E-state index >= 15 is 0 Å². The van der Waals surface area contributed by atoms with E-state index in [9.17, 15) is 9.59 Å². The third kappa shape index (κ3) is 4.62. The van der Waals surface area contributed by atoms with Gasteiger partial charge in [-0.2, -0.15) is 0 Å². The SMILES string of the molecule is C=C(/C=C\C=C/C)Cn1cc(C(=O)N[C@@H]2C(=O)N(C)c3ncccc3O[C@@H]2C)nn1. The van der Waals surface area contributed by atoms with E-state index < -0.39 is 18.1 Å². The smallest absolute Gasteiger partial charge is 0.274 e. The van der Waals surface area contributed by atoms with Crippen LogP contribution < -0.4 is 15.0 Å². The Morgan fingerprint density at radius 2 is 2.20 bits per heavy atom. The number of carbonyl (C=O) groups excluding carboxylic acids is 2. The van der Waals surface area contributed by atoms with Crippen molar-refractivity contribution in [1.29, 1.82) is 0 Å². The summed E-state index contributed by atoms with van der Waals surface area (Å²) >= 11 is 0. The van der Waals surface area contributed by atoms with Gasteiger partial charge in [0.25, 0.3) is 11.8 Å². The van der Waals surface area contributed by atoms with Crippen LogP contribution in [0.25, 0.3) is 0 Å². The lowest BCUT2D eigenvalue weighted by Crippen LogP contribution is -2.53. The van der Waals surface area contributed by atoms with Gasteiger partial charge in [-0.25, -0.2) is 9.67 Å². The lowest BCUT2D eigenvalue weighted by atomic mass is 10.1. The minimum Gasteiger partial charge on any atom is -0.484 e. The molecule has 3 heterocycles. The fourth-order valence-corrected chi connectivity index (χ4v) is 2.95. The minimum atomic E-state index is -0.902. The molecule has 2 amide bonds. The number of ether oxygens (including phenoxy) is 1. The Labute approximate surface area is 174 Å². The molecule has 0 aliphatic carbocycles. The summed E-state index contributed by atoms with van der Waals surface area (Å²) in [7, 11) is 1.60. The van der Waals surface area contributed by atoms with Crippen molar-refractivity contribution in [3.8, 4) is 5.75 Å². The number of hydrogen-bond acceptors (Lipinski definition) is 6. The Kier molecular flexibility index (Phi) is 6.41. The molecule has 9 nitrogen and oxygen atoms in total. The van der Waals surface area contributed by atoms with Crippen LogP contribution in [-0.2, 0) is 11.3 Å². The molecule has 0 aromatic carbocycles. The number of carbonyl (C=O) groups is 2. The molecule has 9 heteroatoms. The summed E-state index contributed by atoms with van der Waals surface area (Å²) in [4.78, 5) is 31.2. The van der Waals surface area contributed by atoms with Gasteiger partial charge in [-0.3, -0.25) is 14.5 Å². The van der Waals surface area contributed by atoms with Crippen LogP contribution in [0.15, 0.2) is 61.0 Å². The van der Waals surface area contributed by atoms with Crippen LogP contribution in [0, 0.1) is 0 Å². The lowest BCUT2D eigenvalue weighted by Gasteiger charge is -2.23. The van der Waals surface area contributed by atoms with Crippen molar-refractivity contribution in [2.45, 2.75) is 32.5 Å². The van der Waals surface area contributed by atoms with Crippen LogP contribution in [0.5, 0.6) is 5.75 Å². The first-order chi connectivity index (χ1) is 14.4. The molecular weight excluding hydrogens is 384 g/mol. The van der Waals surface area contributed by atoms with Crippen LogP contribution >= 0.6 is 0 Å². The second kappa shape index (κ2) is 9.17. The molecule has 1 N–H and O–H groups in total. The first kappa shape index (κ1) is 21.0. The van der Waals surface area contributed by atoms with E-state index in [0.717, 1.165) is 5.57 Å². The highest BCUT2D eigenvalue weighted by molar-refractivity contribution is 6.02. The molecule has 2 atom stereocenters. The topological polar surface area (TPSA) is 102 Å². The molecule has 0 unspecified atom stereocenters. The maximum Gasteiger partial charge on any atom is 0.274 e. The van der Waals surface area contributed by atoms with Gasteiger partial charge >= 0.3 is 0 Å². The lowest BCUT2D eigenvalue weighted by molar-refractivity contribution is -0.121. The third-order valence-corrected chi connectivity index (χ3v) is 4.51. The maximum absolute atomic E-state index is 12.9. The van der Waals surface area contributed by atoms with Crippen LogP contribution in [-0.4, -0.2) is 51.0 Å². The minimum absolute atomic E-state index is 0.0998. The van der Waals surface area contributed by atoms with Crippen molar-refractivity contribution < 1.29 is 14.3 Å². The Morgan fingerprint density at radius 1 is 1.40 bits per heavy atom. The van der Waals surface area contributed by atoms with Gasteiger partial charge in [0, 0.05) is 13.2 Å². The second-order valence-electron chi connectivity index (χ2n) is 6.84. The zero-order valence-electron chi connectivity index (χ0n) is 17.1. The van der Waals surface area contributed by atoms with Crippen molar-refractivity contribution in [1.82, 2.24) is 25.3 Å². The van der Waals surface area contributed by atoms with Crippen molar-refractivity contribution in [2.24, 2.45) is 0 Å². The first-order valence-corrected chi connectivity index (χ1v) is 9.48. The largest absolute Gasteiger partial charge is 0.484 e. The fourth-order valence-electron chi connectivity index (χ4n) is 2.95. The molecular formula is C21H24N6O3. The predicted molar refractivity (Wildman–Crippen MR) is 112 cm³/mol. The summed E-state index contributed by atoms with van der Waals surface area (Å²) in [6, 6.07) is 2.55.